The van der Waals surface area contributed by atoms with Gasteiger partial charge in [-0.1, -0.05) is 18.2 Å². The van der Waals surface area contributed by atoms with Crippen LogP contribution >= 0.6 is 0 Å². The van der Waals surface area contributed by atoms with Crippen molar-refractivity contribution in [3.8, 4) is 0 Å². The minimum Gasteiger partial charge on any atom is -0.465 e. The first-order valence-corrected chi connectivity index (χ1v) is 6.55. The molecular weight excluding hydrogens is 252 g/mol. The maximum absolute atomic E-state index is 11.6. The summed E-state index contributed by atoms with van der Waals surface area (Å²) in [7, 11) is 1.38. The van der Waals surface area contributed by atoms with Gasteiger partial charge in [0.15, 0.2) is 0 Å². The number of para-hydroxylation sites is 1. The van der Waals surface area contributed by atoms with Crippen molar-refractivity contribution >= 4 is 17.5 Å². The van der Waals surface area contributed by atoms with E-state index in [4.69, 9.17) is 4.74 Å². The highest BCUT2D eigenvalue weighted by molar-refractivity contribution is 5.90. The van der Waals surface area contributed by atoms with E-state index in [-0.39, 0.29) is 5.97 Å². The fourth-order valence-corrected chi connectivity index (χ4v) is 2.13. The van der Waals surface area contributed by atoms with Crippen molar-refractivity contribution < 1.29 is 9.53 Å². The molecule has 0 aliphatic rings. The standard InChI is InChI=1S/C16H18N2O2/c1-4-18(14-8-6-5-7-12(14)2)15-11-13(9-10-17-15)16(19)20-3/h5-11H,4H2,1-3H3. The van der Waals surface area contributed by atoms with Crippen LogP contribution in [0.1, 0.15) is 22.8 Å². The molecule has 1 aromatic heterocycles. The second kappa shape index (κ2) is 6.19. The highest BCUT2D eigenvalue weighted by Crippen LogP contribution is 2.26. The minimum atomic E-state index is -0.352. The summed E-state index contributed by atoms with van der Waals surface area (Å²) in [5.74, 6) is 0.388. The molecule has 0 aliphatic carbocycles. The number of esters is 1. The zero-order chi connectivity index (χ0) is 14.5. The predicted octanol–water partition coefficient (Wildman–Crippen LogP) is 3.33. The van der Waals surface area contributed by atoms with E-state index in [2.05, 4.69) is 29.8 Å². The normalized spacial score (nSPS) is 10.2. The number of aromatic nitrogens is 1. The van der Waals surface area contributed by atoms with Crippen molar-refractivity contribution in [2.45, 2.75) is 13.8 Å². The van der Waals surface area contributed by atoms with Gasteiger partial charge in [0, 0.05) is 18.4 Å². The van der Waals surface area contributed by atoms with Gasteiger partial charge in [-0.25, -0.2) is 9.78 Å². The van der Waals surface area contributed by atoms with Gasteiger partial charge in [0.1, 0.15) is 5.82 Å². The molecule has 4 nitrogen and oxygen atoms in total. The van der Waals surface area contributed by atoms with Crippen LogP contribution in [0.5, 0.6) is 0 Å². The molecule has 0 saturated heterocycles. The van der Waals surface area contributed by atoms with Gasteiger partial charge in [-0.3, -0.25) is 0 Å². The van der Waals surface area contributed by atoms with E-state index in [0.717, 1.165) is 18.1 Å². The Hall–Kier alpha value is -2.36. The van der Waals surface area contributed by atoms with Crippen LogP contribution in [0.25, 0.3) is 0 Å². The molecule has 1 aromatic carbocycles. The van der Waals surface area contributed by atoms with Gasteiger partial charge < -0.3 is 9.64 Å². The topological polar surface area (TPSA) is 42.4 Å². The molecule has 0 bridgehead atoms. The van der Waals surface area contributed by atoms with E-state index in [9.17, 15) is 4.79 Å². The molecule has 0 atom stereocenters. The maximum Gasteiger partial charge on any atom is 0.338 e. The summed E-state index contributed by atoms with van der Waals surface area (Å²) < 4.78 is 4.75. The number of nitrogens with zero attached hydrogens (tertiary/aromatic N) is 2. The molecule has 4 heteroatoms. The molecule has 2 rings (SSSR count). The number of hydrogen-bond donors (Lipinski definition) is 0. The number of anilines is 2. The first kappa shape index (κ1) is 14.1. The van der Waals surface area contributed by atoms with Crippen LogP contribution in [0, 0.1) is 6.92 Å². The van der Waals surface area contributed by atoms with Crippen LogP contribution < -0.4 is 4.90 Å². The summed E-state index contributed by atoms with van der Waals surface area (Å²) in [5, 5.41) is 0. The summed E-state index contributed by atoms with van der Waals surface area (Å²) in [6.45, 7) is 4.88. The predicted molar refractivity (Wildman–Crippen MR) is 79.4 cm³/mol. The fraction of sp³-hybridized carbons (Fsp3) is 0.250. The molecule has 0 N–H and O–H groups in total. The average Bonchev–Trinajstić information content (AvgIpc) is 2.49. The highest BCUT2D eigenvalue weighted by atomic mass is 16.5. The SMILES string of the molecule is CCN(c1cc(C(=O)OC)ccn1)c1ccccc1C. The quantitative estimate of drug-likeness (QED) is 0.799. The Bertz CT molecular complexity index is 611. The van der Waals surface area contributed by atoms with E-state index in [1.807, 2.05) is 18.2 Å². The van der Waals surface area contributed by atoms with Crippen molar-refractivity contribution in [1.82, 2.24) is 4.98 Å². The van der Waals surface area contributed by atoms with Crippen molar-refractivity contribution in [2.24, 2.45) is 0 Å². The Kier molecular flexibility index (Phi) is 4.35. The number of carbonyl (C=O) groups excluding carboxylic acids is 1. The number of methoxy groups -OCH3 is 1. The largest absolute Gasteiger partial charge is 0.465 e. The van der Waals surface area contributed by atoms with E-state index >= 15 is 0 Å². The molecule has 0 amide bonds. The fourth-order valence-electron chi connectivity index (χ4n) is 2.13. The third kappa shape index (κ3) is 2.79. The minimum absolute atomic E-state index is 0.352. The second-order valence-corrected chi connectivity index (χ2v) is 4.43. The molecule has 20 heavy (non-hydrogen) atoms. The summed E-state index contributed by atoms with van der Waals surface area (Å²) in [6.07, 6.45) is 1.63. The summed E-state index contributed by atoms with van der Waals surface area (Å²) in [6, 6.07) is 11.5. The zero-order valence-corrected chi connectivity index (χ0v) is 12.0. The molecular formula is C16H18N2O2. The Morgan fingerprint density at radius 2 is 2.05 bits per heavy atom. The Morgan fingerprint density at radius 1 is 1.30 bits per heavy atom. The van der Waals surface area contributed by atoms with Gasteiger partial charge in [0.2, 0.25) is 0 Å². The number of benzene rings is 1. The van der Waals surface area contributed by atoms with Gasteiger partial charge >= 0.3 is 5.97 Å². The van der Waals surface area contributed by atoms with Crippen LogP contribution in [-0.4, -0.2) is 24.6 Å². The summed E-state index contributed by atoms with van der Waals surface area (Å²) >= 11 is 0. The Morgan fingerprint density at radius 3 is 2.70 bits per heavy atom. The van der Waals surface area contributed by atoms with Crippen LogP contribution in [0.15, 0.2) is 42.6 Å². The van der Waals surface area contributed by atoms with Crippen molar-refractivity contribution in [3.05, 3.63) is 53.7 Å². The number of ether oxygens (including phenoxy) is 1. The molecule has 0 saturated carbocycles. The summed E-state index contributed by atoms with van der Waals surface area (Å²) in [5.41, 5.74) is 2.76. The van der Waals surface area contributed by atoms with E-state index in [0.29, 0.717) is 5.56 Å². The molecule has 0 spiro atoms. The average molecular weight is 270 g/mol. The third-order valence-corrected chi connectivity index (χ3v) is 3.17. The number of rotatable bonds is 4. The molecule has 0 radical (unpaired) electrons. The lowest BCUT2D eigenvalue weighted by Gasteiger charge is -2.24. The highest BCUT2D eigenvalue weighted by Gasteiger charge is 2.13. The number of carbonyl (C=O) groups is 1. The van der Waals surface area contributed by atoms with Crippen LogP contribution in [0.2, 0.25) is 0 Å². The van der Waals surface area contributed by atoms with Crippen molar-refractivity contribution in [3.63, 3.8) is 0 Å². The Balaban J connectivity index is 2.42. The molecule has 0 fully saturated rings. The van der Waals surface area contributed by atoms with Crippen molar-refractivity contribution in [1.29, 1.82) is 0 Å². The Labute approximate surface area is 119 Å². The lowest BCUT2D eigenvalue weighted by molar-refractivity contribution is 0.0600. The number of aryl methyl sites for hydroxylation is 1. The zero-order valence-electron chi connectivity index (χ0n) is 12.0. The van der Waals surface area contributed by atoms with Crippen molar-refractivity contribution in [2.75, 3.05) is 18.6 Å². The van der Waals surface area contributed by atoms with E-state index < -0.39 is 0 Å². The van der Waals surface area contributed by atoms with E-state index in [1.165, 1.54) is 12.7 Å². The van der Waals surface area contributed by atoms with Crippen LogP contribution in [0.4, 0.5) is 11.5 Å². The molecule has 2 aromatic rings. The molecule has 0 unspecified atom stereocenters. The van der Waals surface area contributed by atoms with E-state index in [1.54, 1.807) is 18.3 Å². The number of pyridine rings is 1. The van der Waals surface area contributed by atoms with Gasteiger partial charge in [-0.05, 0) is 37.6 Å². The van der Waals surface area contributed by atoms with Gasteiger partial charge in [0.05, 0.1) is 12.7 Å². The molecule has 1 heterocycles. The van der Waals surface area contributed by atoms with Crippen LogP contribution in [-0.2, 0) is 4.74 Å². The first-order chi connectivity index (χ1) is 9.67. The monoisotopic (exact) mass is 270 g/mol. The molecule has 0 aliphatic heterocycles. The number of hydrogen-bond acceptors (Lipinski definition) is 4. The second-order valence-electron chi connectivity index (χ2n) is 4.43. The maximum atomic E-state index is 11.6. The summed E-state index contributed by atoms with van der Waals surface area (Å²) in [4.78, 5) is 18.0. The lowest BCUT2D eigenvalue weighted by Crippen LogP contribution is -2.19. The molecule has 104 valence electrons. The lowest BCUT2D eigenvalue weighted by atomic mass is 10.1. The van der Waals surface area contributed by atoms with Gasteiger partial charge in [-0.2, -0.15) is 0 Å². The first-order valence-electron chi connectivity index (χ1n) is 6.55. The third-order valence-electron chi connectivity index (χ3n) is 3.17. The van der Waals surface area contributed by atoms with Gasteiger partial charge in [-0.15, -0.1) is 0 Å². The van der Waals surface area contributed by atoms with Crippen LogP contribution in [0.3, 0.4) is 0 Å². The smallest absolute Gasteiger partial charge is 0.338 e. The van der Waals surface area contributed by atoms with Gasteiger partial charge in [0.25, 0.3) is 0 Å².